The Balaban J connectivity index is 0.000000153. The van der Waals surface area contributed by atoms with Gasteiger partial charge in [0.05, 0.1) is 4.34 Å². The van der Waals surface area contributed by atoms with Gasteiger partial charge in [0.1, 0.15) is 0 Å². The molecule has 0 fully saturated rings. The third-order valence-corrected chi connectivity index (χ3v) is 4.03. The molecule has 0 saturated heterocycles. The van der Waals surface area contributed by atoms with Crippen LogP contribution in [-0.4, -0.2) is 0 Å². The third kappa shape index (κ3) is 4.00. The van der Waals surface area contributed by atoms with Crippen molar-refractivity contribution < 1.29 is 0 Å². The highest BCUT2D eigenvalue weighted by molar-refractivity contribution is 7.14. The van der Waals surface area contributed by atoms with E-state index in [1.165, 1.54) is 10.4 Å². The van der Waals surface area contributed by atoms with Gasteiger partial charge in [-0.2, -0.15) is 0 Å². The second-order valence-electron chi connectivity index (χ2n) is 3.26. The summed E-state index contributed by atoms with van der Waals surface area (Å²) < 4.78 is 0.856. The van der Waals surface area contributed by atoms with Gasteiger partial charge in [0, 0.05) is 4.88 Å². The zero-order valence-electron chi connectivity index (χ0n) is 9.05. The summed E-state index contributed by atoms with van der Waals surface area (Å²) in [7, 11) is 0. The van der Waals surface area contributed by atoms with E-state index in [1.54, 1.807) is 22.7 Å². The Hall–Kier alpha value is -1.09. The maximum Gasteiger partial charge on any atom is 0.0928 e. The lowest BCUT2D eigenvalue weighted by Gasteiger charge is -1.93. The molecule has 0 aliphatic rings. The van der Waals surface area contributed by atoms with Gasteiger partial charge < -0.3 is 0 Å². The number of hydrogen-bond acceptors (Lipinski definition) is 2. The van der Waals surface area contributed by atoms with Gasteiger partial charge in [-0.1, -0.05) is 48.0 Å². The van der Waals surface area contributed by atoms with Crippen LogP contribution in [0, 0.1) is 0 Å². The van der Waals surface area contributed by atoms with Gasteiger partial charge >= 0.3 is 0 Å². The van der Waals surface area contributed by atoms with Crippen molar-refractivity contribution in [3.8, 4) is 10.4 Å². The molecule has 3 rings (SSSR count). The molecule has 0 bridgehead atoms. The number of thiophene rings is 2. The molecule has 3 heteroatoms. The Kier molecular flexibility index (Phi) is 4.80. The van der Waals surface area contributed by atoms with Crippen molar-refractivity contribution in [1.29, 1.82) is 0 Å². The number of benzene rings is 1. The van der Waals surface area contributed by atoms with Gasteiger partial charge in [0.25, 0.3) is 0 Å². The summed E-state index contributed by atoms with van der Waals surface area (Å²) in [5, 5.41) is 4.05. The lowest BCUT2D eigenvalue weighted by molar-refractivity contribution is 1.70. The minimum atomic E-state index is 0.856. The van der Waals surface area contributed by atoms with Crippen molar-refractivity contribution in [2.45, 2.75) is 0 Å². The van der Waals surface area contributed by atoms with E-state index in [1.807, 2.05) is 23.6 Å². The lowest BCUT2D eigenvalue weighted by atomic mass is 10.2. The Morgan fingerprint density at radius 2 is 1.41 bits per heavy atom. The smallest absolute Gasteiger partial charge is 0.0928 e. The average molecular weight is 279 g/mol. The SMILES string of the molecule is Clc1cccs1.c1ccc(-c2cccs2)cc1. The summed E-state index contributed by atoms with van der Waals surface area (Å²) in [6.07, 6.45) is 0. The summed E-state index contributed by atoms with van der Waals surface area (Å²) in [6, 6.07) is 18.4. The summed E-state index contributed by atoms with van der Waals surface area (Å²) in [5.74, 6) is 0. The molecule has 0 saturated carbocycles. The van der Waals surface area contributed by atoms with E-state index < -0.39 is 0 Å². The van der Waals surface area contributed by atoms with Crippen molar-refractivity contribution in [3.63, 3.8) is 0 Å². The van der Waals surface area contributed by atoms with Crippen LogP contribution < -0.4 is 0 Å². The highest BCUT2D eigenvalue weighted by atomic mass is 35.5. The first-order valence-corrected chi connectivity index (χ1v) is 7.28. The molecule has 0 aliphatic carbocycles. The van der Waals surface area contributed by atoms with Crippen molar-refractivity contribution >= 4 is 34.3 Å². The zero-order chi connectivity index (χ0) is 11.9. The van der Waals surface area contributed by atoms with E-state index in [2.05, 4.69) is 41.8 Å². The number of rotatable bonds is 1. The molecule has 17 heavy (non-hydrogen) atoms. The van der Waals surface area contributed by atoms with E-state index in [-0.39, 0.29) is 0 Å². The maximum atomic E-state index is 5.47. The number of hydrogen-bond donors (Lipinski definition) is 0. The van der Waals surface area contributed by atoms with Crippen molar-refractivity contribution in [2.24, 2.45) is 0 Å². The van der Waals surface area contributed by atoms with Gasteiger partial charge in [-0.25, -0.2) is 0 Å². The van der Waals surface area contributed by atoms with Crippen LogP contribution >= 0.6 is 34.3 Å². The average Bonchev–Trinajstić information content (AvgIpc) is 3.03. The molecule has 0 spiro atoms. The first-order valence-electron chi connectivity index (χ1n) is 5.14. The van der Waals surface area contributed by atoms with E-state index in [4.69, 9.17) is 11.6 Å². The van der Waals surface area contributed by atoms with Gasteiger partial charge in [-0.3, -0.25) is 0 Å². The van der Waals surface area contributed by atoms with Crippen LogP contribution in [0.25, 0.3) is 10.4 Å². The van der Waals surface area contributed by atoms with E-state index in [9.17, 15) is 0 Å². The molecule has 2 heterocycles. The van der Waals surface area contributed by atoms with Gasteiger partial charge in [-0.05, 0) is 34.5 Å². The van der Waals surface area contributed by atoms with Crippen LogP contribution in [0.3, 0.4) is 0 Å². The topological polar surface area (TPSA) is 0 Å². The highest BCUT2D eigenvalue weighted by Crippen LogP contribution is 2.23. The molecule has 1 aromatic carbocycles. The van der Waals surface area contributed by atoms with E-state index in [0.717, 1.165) is 4.34 Å². The Labute approximate surface area is 114 Å². The van der Waals surface area contributed by atoms with Gasteiger partial charge in [0.15, 0.2) is 0 Å². The number of halogens is 1. The van der Waals surface area contributed by atoms with Crippen LogP contribution in [0.5, 0.6) is 0 Å². The summed E-state index contributed by atoms with van der Waals surface area (Å²) in [6.45, 7) is 0. The third-order valence-electron chi connectivity index (χ3n) is 2.07. The van der Waals surface area contributed by atoms with Crippen LogP contribution in [0.1, 0.15) is 0 Å². The zero-order valence-corrected chi connectivity index (χ0v) is 11.4. The predicted molar refractivity (Wildman–Crippen MR) is 79.1 cm³/mol. The second-order valence-corrected chi connectivity index (χ2v) is 5.79. The molecule has 0 aliphatic heterocycles. The van der Waals surface area contributed by atoms with Crippen molar-refractivity contribution in [1.82, 2.24) is 0 Å². The molecule has 0 N–H and O–H groups in total. The standard InChI is InChI=1S/C10H8S.C4H3ClS/c1-2-5-9(6-3-1)10-7-4-8-11-10;5-4-2-1-3-6-4/h1-8H;1-3H. The van der Waals surface area contributed by atoms with Gasteiger partial charge in [-0.15, -0.1) is 22.7 Å². The fraction of sp³-hybridized carbons (Fsp3) is 0. The molecule has 0 unspecified atom stereocenters. The largest absolute Gasteiger partial charge is 0.144 e. The van der Waals surface area contributed by atoms with Crippen LogP contribution in [0.4, 0.5) is 0 Å². The molecule has 0 radical (unpaired) electrons. The van der Waals surface area contributed by atoms with Crippen LogP contribution in [-0.2, 0) is 0 Å². The fourth-order valence-corrected chi connectivity index (χ4v) is 2.71. The summed E-state index contributed by atoms with van der Waals surface area (Å²) >= 11 is 8.79. The molecule has 86 valence electrons. The fourth-order valence-electron chi connectivity index (χ4n) is 1.30. The van der Waals surface area contributed by atoms with Gasteiger partial charge in [0.2, 0.25) is 0 Å². The monoisotopic (exact) mass is 278 g/mol. The second kappa shape index (κ2) is 6.60. The minimum absolute atomic E-state index is 0.856. The van der Waals surface area contributed by atoms with E-state index >= 15 is 0 Å². The Bertz CT molecular complexity index is 513. The first kappa shape index (κ1) is 12.4. The normalized spacial score (nSPS) is 9.47. The molecule has 0 amide bonds. The van der Waals surface area contributed by atoms with Crippen molar-refractivity contribution in [3.05, 3.63) is 69.7 Å². The minimum Gasteiger partial charge on any atom is -0.144 e. The first-order chi connectivity index (χ1) is 8.36. The molecular formula is C14H11ClS2. The Morgan fingerprint density at radius 3 is 1.88 bits per heavy atom. The van der Waals surface area contributed by atoms with E-state index in [0.29, 0.717) is 0 Å². The molecule has 2 aromatic heterocycles. The predicted octanol–water partition coefficient (Wildman–Crippen LogP) is 5.82. The maximum absolute atomic E-state index is 5.47. The van der Waals surface area contributed by atoms with Crippen LogP contribution in [0.15, 0.2) is 65.4 Å². The molecule has 3 aromatic rings. The summed E-state index contributed by atoms with van der Waals surface area (Å²) in [4.78, 5) is 1.34. The summed E-state index contributed by atoms with van der Waals surface area (Å²) in [5.41, 5.74) is 1.31. The van der Waals surface area contributed by atoms with Crippen LogP contribution in [0.2, 0.25) is 4.34 Å². The Morgan fingerprint density at radius 1 is 0.706 bits per heavy atom. The molecule has 0 atom stereocenters. The molecule has 0 nitrogen and oxygen atoms in total. The molecular weight excluding hydrogens is 268 g/mol. The quantitative estimate of drug-likeness (QED) is 0.526. The highest BCUT2D eigenvalue weighted by Gasteiger charge is 1.93. The lowest BCUT2D eigenvalue weighted by Crippen LogP contribution is -1.67. The van der Waals surface area contributed by atoms with Crippen molar-refractivity contribution in [2.75, 3.05) is 0 Å².